The van der Waals surface area contributed by atoms with E-state index in [1.165, 1.54) is 31.4 Å². The van der Waals surface area contributed by atoms with Crippen molar-refractivity contribution in [1.82, 2.24) is 0 Å². The molecule has 0 amide bonds. The molecule has 0 unspecified atom stereocenters. The first kappa shape index (κ1) is 14.3. The van der Waals surface area contributed by atoms with E-state index in [2.05, 4.69) is 5.32 Å². The van der Waals surface area contributed by atoms with Crippen molar-refractivity contribution in [3.63, 3.8) is 0 Å². The number of anilines is 2. The number of hydrogen-bond acceptors (Lipinski definition) is 5. The van der Waals surface area contributed by atoms with Gasteiger partial charge in [0, 0.05) is 23.5 Å². The summed E-state index contributed by atoms with van der Waals surface area (Å²) < 4.78 is 5.01. The van der Waals surface area contributed by atoms with Crippen molar-refractivity contribution in [2.75, 3.05) is 12.4 Å². The summed E-state index contributed by atoms with van der Waals surface area (Å²) >= 11 is 0. The van der Waals surface area contributed by atoms with Gasteiger partial charge in [0.25, 0.3) is 5.69 Å². The summed E-state index contributed by atoms with van der Waals surface area (Å²) in [5.41, 5.74) is 1.16. The standard InChI is InChI=1S/C14H12N2O5/c1-21-13-7-11(6-12(8-13)16(19)20)15-10-4-2-9(3-5-10)14(17)18/h2-8,15H,1H3,(H,17,18). The summed E-state index contributed by atoms with van der Waals surface area (Å²) in [5.74, 6) is -0.660. The molecule has 0 fully saturated rings. The maximum absolute atomic E-state index is 10.9. The van der Waals surface area contributed by atoms with Crippen LogP contribution in [0.15, 0.2) is 42.5 Å². The average molecular weight is 288 g/mol. The zero-order valence-corrected chi connectivity index (χ0v) is 11.1. The molecule has 0 aliphatic heterocycles. The number of rotatable bonds is 5. The number of nitrogens with one attached hydrogen (secondary N) is 1. The summed E-state index contributed by atoms with van der Waals surface area (Å²) in [6.45, 7) is 0. The Hall–Kier alpha value is -3.09. The lowest BCUT2D eigenvalue weighted by Gasteiger charge is -2.08. The summed E-state index contributed by atoms with van der Waals surface area (Å²) in [6, 6.07) is 10.3. The van der Waals surface area contributed by atoms with Crippen molar-refractivity contribution in [1.29, 1.82) is 0 Å². The molecule has 0 aliphatic rings. The largest absolute Gasteiger partial charge is 0.496 e. The van der Waals surface area contributed by atoms with Crippen LogP contribution in [0.3, 0.4) is 0 Å². The Bertz CT molecular complexity index is 682. The van der Waals surface area contributed by atoms with E-state index in [9.17, 15) is 14.9 Å². The highest BCUT2D eigenvalue weighted by Gasteiger charge is 2.10. The molecular formula is C14H12N2O5. The quantitative estimate of drug-likeness (QED) is 0.647. The zero-order valence-electron chi connectivity index (χ0n) is 11.1. The molecule has 2 aromatic carbocycles. The van der Waals surface area contributed by atoms with Crippen molar-refractivity contribution in [2.45, 2.75) is 0 Å². The number of carbonyl (C=O) groups is 1. The average Bonchev–Trinajstić information content (AvgIpc) is 2.47. The molecule has 7 nitrogen and oxygen atoms in total. The van der Waals surface area contributed by atoms with Crippen LogP contribution in [0.25, 0.3) is 0 Å². The minimum atomic E-state index is -1.02. The number of carboxylic acid groups (broad SMARTS) is 1. The van der Waals surface area contributed by atoms with Crippen LogP contribution in [0.2, 0.25) is 0 Å². The maximum atomic E-state index is 10.9. The zero-order chi connectivity index (χ0) is 15.4. The SMILES string of the molecule is COc1cc(Nc2ccc(C(=O)O)cc2)cc([N+](=O)[O-])c1. The van der Waals surface area contributed by atoms with E-state index in [0.717, 1.165) is 0 Å². The molecule has 7 heteroatoms. The van der Waals surface area contributed by atoms with Crippen molar-refractivity contribution in [3.05, 3.63) is 58.1 Å². The second-order valence-electron chi connectivity index (χ2n) is 4.18. The molecule has 0 aliphatic carbocycles. The van der Waals surface area contributed by atoms with Gasteiger partial charge < -0.3 is 15.2 Å². The van der Waals surface area contributed by atoms with Gasteiger partial charge in [-0.05, 0) is 24.3 Å². The molecule has 0 atom stereocenters. The second-order valence-corrected chi connectivity index (χ2v) is 4.18. The van der Waals surface area contributed by atoms with Gasteiger partial charge in [0.1, 0.15) is 5.75 Å². The van der Waals surface area contributed by atoms with Crippen LogP contribution in [0, 0.1) is 10.1 Å². The van der Waals surface area contributed by atoms with Gasteiger partial charge in [0.05, 0.1) is 23.7 Å². The van der Waals surface area contributed by atoms with Crippen LogP contribution in [0.4, 0.5) is 17.1 Å². The second kappa shape index (κ2) is 5.91. The van der Waals surface area contributed by atoms with E-state index in [1.807, 2.05) is 0 Å². The minimum Gasteiger partial charge on any atom is -0.496 e. The third-order valence-electron chi connectivity index (χ3n) is 2.76. The molecular weight excluding hydrogens is 276 g/mol. The Morgan fingerprint density at radius 3 is 2.38 bits per heavy atom. The molecule has 0 bridgehead atoms. The number of nitro benzene ring substituents is 1. The van der Waals surface area contributed by atoms with Crippen molar-refractivity contribution in [3.8, 4) is 5.75 Å². The summed E-state index contributed by atoms with van der Waals surface area (Å²) in [5, 5.41) is 22.6. The van der Waals surface area contributed by atoms with E-state index in [-0.39, 0.29) is 11.3 Å². The van der Waals surface area contributed by atoms with Crippen LogP contribution < -0.4 is 10.1 Å². The van der Waals surface area contributed by atoms with E-state index >= 15 is 0 Å². The Morgan fingerprint density at radius 1 is 1.19 bits per heavy atom. The number of benzene rings is 2. The number of ether oxygens (including phenoxy) is 1. The minimum absolute atomic E-state index is 0.0981. The summed E-state index contributed by atoms with van der Waals surface area (Å²) in [7, 11) is 1.42. The fraction of sp³-hybridized carbons (Fsp3) is 0.0714. The van der Waals surface area contributed by atoms with Gasteiger partial charge in [0.15, 0.2) is 0 Å². The first-order valence-corrected chi connectivity index (χ1v) is 5.93. The number of non-ortho nitro benzene ring substituents is 1. The number of nitro groups is 1. The molecule has 2 N–H and O–H groups in total. The van der Waals surface area contributed by atoms with Gasteiger partial charge in [-0.1, -0.05) is 0 Å². The highest BCUT2D eigenvalue weighted by molar-refractivity contribution is 5.88. The third-order valence-corrected chi connectivity index (χ3v) is 2.76. The highest BCUT2D eigenvalue weighted by Crippen LogP contribution is 2.28. The number of nitrogens with zero attached hydrogens (tertiary/aromatic N) is 1. The van der Waals surface area contributed by atoms with Crippen LogP contribution in [-0.2, 0) is 0 Å². The summed E-state index contributed by atoms with van der Waals surface area (Å²) in [4.78, 5) is 21.1. The topological polar surface area (TPSA) is 102 Å². The lowest BCUT2D eigenvalue weighted by atomic mass is 10.2. The van der Waals surface area contributed by atoms with Crippen molar-refractivity contribution < 1.29 is 19.6 Å². The molecule has 21 heavy (non-hydrogen) atoms. The molecule has 0 aromatic heterocycles. The lowest BCUT2D eigenvalue weighted by Crippen LogP contribution is -1.97. The predicted molar refractivity (Wildman–Crippen MR) is 76.3 cm³/mol. The van der Waals surface area contributed by atoms with E-state index in [1.54, 1.807) is 18.2 Å². The van der Waals surface area contributed by atoms with Crippen LogP contribution >= 0.6 is 0 Å². The number of hydrogen-bond donors (Lipinski definition) is 2. The molecule has 0 saturated heterocycles. The number of aromatic carboxylic acids is 1. The smallest absolute Gasteiger partial charge is 0.335 e. The summed E-state index contributed by atoms with van der Waals surface area (Å²) in [6.07, 6.45) is 0. The first-order valence-electron chi connectivity index (χ1n) is 5.93. The number of methoxy groups -OCH3 is 1. The third kappa shape index (κ3) is 3.47. The van der Waals surface area contributed by atoms with Crippen LogP contribution in [0.5, 0.6) is 5.75 Å². The molecule has 0 radical (unpaired) electrons. The Balaban J connectivity index is 2.28. The van der Waals surface area contributed by atoms with Gasteiger partial charge in [-0.3, -0.25) is 10.1 Å². The van der Waals surface area contributed by atoms with Crippen LogP contribution in [0.1, 0.15) is 10.4 Å². The Kier molecular flexibility index (Phi) is 4.03. The Morgan fingerprint density at radius 2 is 1.86 bits per heavy atom. The van der Waals surface area contributed by atoms with E-state index in [4.69, 9.17) is 9.84 Å². The Labute approximate surface area is 119 Å². The van der Waals surface area contributed by atoms with E-state index in [0.29, 0.717) is 17.1 Å². The van der Waals surface area contributed by atoms with Gasteiger partial charge in [0.2, 0.25) is 0 Å². The molecule has 0 saturated carbocycles. The molecule has 2 aromatic rings. The highest BCUT2D eigenvalue weighted by atomic mass is 16.6. The lowest BCUT2D eigenvalue weighted by molar-refractivity contribution is -0.384. The predicted octanol–water partition coefficient (Wildman–Crippen LogP) is 3.05. The van der Waals surface area contributed by atoms with Gasteiger partial charge in [-0.15, -0.1) is 0 Å². The molecule has 108 valence electrons. The number of carboxylic acids is 1. The van der Waals surface area contributed by atoms with E-state index < -0.39 is 10.9 Å². The molecule has 2 rings (SSSR count). The molecule has 0 heterocycles. The van der Waals surface area contributed by atoms with Crippen molar-refractivity contribution >= 4 is 23.0 Å². The maximum Gasteiger partial charge on any atom is 0.335 e. The molecule has 0 spiro atoms. The first-order chi connectivity index (χ1) is 9.99. The van der Waals surface area contributed by atoms with Gasteiger partial charge >= 0.3 is 5.97 Å². The van der Waals surface area contributed by atoms with Gasteiger partial charge in [-0.2, -0.15) is 0 Å². The normalized spacial score (nSPS) is 9.95. The fourth-order valence-electron chi connectivity index (χ4n) is 1.74. The fourth-order valence-corrected chi connectivity index (χ4v) is 1.74. The van der Waals surface area contributed by atoms with Crippen molar-refractivity contribution in [2.24, 2.45) is 0 Å². The van der Waals surface area contributed by atoms with Crippen LogP contribution in [-0.4, -0.2) is 23.1 Å². The van der Waals surface area contributed by atoms with Gasteiger partial charge in [-0.25, -0.2) is 4.79 Å². The monoisotopic (exact) mass is 288 g/mol.